The van der Waals surface area contributed by atoms with Crippen LogP contribution in [0.5, 0.6) is 5.75 Å². The molecule has 1 aliphatic heterocycles. The normalized spacial score (nSPS) is 15.6. The average molecular weight is 262 g/mol. The lowest BCUT2D eigenvalue weighted by Gasteiger charge is -2.19. The van der Waals surface area contributed by atoms with Gasteiger partial charge in [0.25, 0.3) is 0 Å². The summed E-state index contributed by atoms with van der Waals surface area (Å²) < 4.78 is 5.78. The summed E-state index contributed by atoms with van der Waals surface area (Å²) >= 11 is 0. The van der Waals surface area contributed by atoms with Gasteiger partial charge in [0, 0.05) is 18.2 Å². The number of carbonyl (C=O) groups is 1. The highest BCUT2D eigenvalue weighted by molar-refractivity contribution is 5.93. The van der Waals surface area contributed by atoms with Crippen molar-refractivity contribution in [2.75, 3.05) is 18.5 Å². The molecule has 1 aromatic rings. The summed E-state index contributed by atoms with van der Waals surface area (Å²) in [6.45, 7) is 5.94. The molecule has 4 nitrogen and oxygen atoms in total. The number of rotatable bonds is 6. The maximum atomic E-state index is 11.3. The number of fused-ring (bicyclic) bond motifs is 1. The van der Waals surface area contributed by atoms with Crippen molar-refractivity contribution in [2.45, 2.75) is 39.2 Å². The summed E-state index contributed by atoms with van der Waals surface area (Å²) in [4.78, 5) is 11.3. The molecular formula is C15H22N2O2. The highest BCUT2D eigenvalue weighted by atomic mass is 16.5. The van der Waals surface area contributed by atoms with E-state index in [1.165, 1.54) is 0 Å². The van der Waals surface area contributed by atoms with Crippen molar-refractivity contribution in [1.29, 1.82) is 0 Å². The molecule has 19 heavy (non-hydrogen) atoms. The highest BCUT2D eigenvalue weighted by Crippen LogP contribution is 2.26. The Morgan fingerprint density at radius 2 is 2.26 bits per heavy atom. The van der Waals surface area contributed by atoms with Crippen LogP contribution in [-0.2, 0) is 11.2 Å². The van der Waals surface area contributed by atoms with Crippen molar-refractivity contribution in [3.05, 3.63) is 23.8 Å². The Balaban J connectivity index is 1.90. The van der Waals surface area contributed by atoms with E-state index >= 15 is 0 Å². The molecule has 0 fully saturated rings. The van der Waals surface area contributed by atoms with E-state index in [2.05, 4.69) is 24.5 Å². The van der Waals surface area contributed by atoms with Crippen molar-refractivity contribution in [1.82, 2.24) is 5.32 Å². The van der Waals surface area contributed by atoms with Gasteiger partial charge in [0.2, 0.25) is 5.91 Å². The summed E-state index contributed by atoms with van der Waals surface area (Å²) in [7, 11) is 0. The van der Waals surface area contributed by atoms with E-state index in [0.29, 0.717) is 19.1 Å². The van der Waals surface area contributed by atoms with Gasteiger partial charge in [-0.05, 0) is 50.1 Å². The fraction of sp³-hybridized carbons (Fsp3) is 0.533. The van der Waals surface area contributed by atoms with Crippen LogP contribution < -0.4 is 15.4 Å². The van der Waals surface area contributed by atoms with Crippen LogP contribution in [0, 0.1) is 0 Å². The molecule has 104 valence electrons. The number of benzene rings is 1. The second kappa shape index (κ2) is 6.57. The van der Waals surface area contributed by atoms with E-state index in [9.17, 15) is 4.79 Å². The van der Waals surface area contributed by atoms with Crippen LogP contribution >= 0.6 is 0 Å². The van der Waals surface area contributed by atoms with Gasteiger partial charge in [-0.2, -0.15) is 0 Å². The third-order valence-electron chi connectivity index (χ3n) is 3.21. The predicted octanol–water partition coefficient (Wildman–Crippen LogP) is 2.34. The Bertz CT molecular complexity index is 446. The largest absolute Gasteiger partial charge is 0.492 e. The van der Waals surface area contributed by atoms with E-state index in [0.717, 1.165) is 36.4 Å². The molecule has 2 N–H and O–H groups in total. The summed E-state index contributed by atoms with van der Waals surface area (Å²) in [5.41, 5.74) is 2.08. The second-order valence-electron chi connectivity index (χ2n) is 5.03. The number of nitrogens with one attached hydrogen (secondary N) is 2. The van der Waals surface area contributed by atoms with Crippen molar-refractivity contribution in [3.8, 4) is 5.75 Å². The minimum atomic E-state index is 0.0959. The van der Waals surface area contributed by atoms with Crippen LogP contribution in [0.25, 0.3) is 0 Å². The zero-order chi connectivity index (χ0) is 13.7. The van der Waals surface area contributed by atoms with Crippen molar-refractivity contribution >= 4 is 11.6 Å². The first-order chi connectivity index (χ1) is 9.19. The van der Waals surface area contributed by atoms with Crippen molar-refractivity contribution in [3.63, 3.8) is 0 Å². The first kappa shape index (κ1) is 13.9. The molecule has 2 rings (SSSR count). The average Bonchev–Trinajstić information content (AvgIpc) is 2.42. The predicted molar refractivity (Wildman–Crippen MR) is 76.6 cm³/mol. The molecule has 1 heterocycles. The van der Waals surface area contributed by atoms with Crippen LogP contribution in [0.3, 0.4) is 0 Å². The lowest BCUT2D eigenvalue weighted by Crippen LogP contribution is -2.32. The number of carbonyl (C=O) groups excluding carboxylic acids is 1. The zero-order valence-electron chi connectivity index (χ0n) is 11.7. The highest BCUT2D eigenvalue weighted by Gasteiger charge is 2.15. The molecule has 1 aliphatic rings. The topological polar surface area (TPSA) is 50.4 Å². The smallest absolute Gasteiger partial charge is 0.224 e. The summed E-state index contributed by atoms with van der Waals surface area (Å²) in [6.07, 6.45) is 2.48. The molecule has 4 heteroatoms. The van der Waals surface area contributed by atoms with Crippen LogP contribution in [-0.4, -0.2) is 25.1 Å². The maximum Gasteiger partial charge on any atom is 0.224 e. The molecule has 0 radical (unpaired) electrons. The number of anilines is 1. The number of ether oxygens (including phenoxy) is 1. The van der Waals surface area contributed by atoms with Gasteiger partial charge in [-0.3, -0.25) is 4.79 Å². The molecule has 1 aromatic carbocycles. The van der Waals surface area contributed by atoms with Gasteiger partial charge in [-0.1, -0.05) is 6.92 Å². The second-order valence-corrected chi connectivity index (χ2v) is 5.03. The fourth-order valence-electron chi connectivity index (χ4n) is 2.12. The minimum absolute atomic E-state index is 0.0959. The molecular weight excluding hydrogens is 240 g/mol. The molecule has 1 atom stereocenters. The van der Waals surface area contributed by atoms with E-state index in [1.807, 2.05) is 18.2 Å². The lowest BCUT2D eigenvalue weighted by molar-refractivity contribution is -0.116. The Morgan fingerprint density at radius 1 is 1.42 bits per heavy atom. The standard InChI is InChI=1S/C15H22N2O2/c1-3-8-16-11(2)10-19-13-5-6-14-12(9-13)4-7-15(18)17-14/h5-6,9,11,16H,3-4,7-8,10H2,1-2H3,(H,17,18). The van der Waals surface area contributed by atoms with Gasteiger partial charge in [-0.15, -0.1) is 0 Å². The molecule has 0 aliphatic carbocycles. The maximum absolute atomic E-state index is 11.3. The molecule has 0 aromatic heterocycles. The van der Waals surface area contributed by atoms with E-state index in [-0.39, 0.29) is 5.91 Å². The Labute approximate surface area is 114 Å². The first-order valence-electron chi connectivity index (χ1n) is 6.98. The Kier molecular flexibility index (Phi) is 4.80. The minimum Gasteiger partial charge on any atom is -0.492 e. The Hall–Kier alpha value is -1.55. The van der Waals surface area contributed by atoms with Gasteiger partial charge < -0.3 is 15.4 Å². The number of hydrogen-bond acceptors (Lipinski definition) is 3. The molecule has 0 spiro atoms. The summed E-state index contributed by atoms with van der Waals surface area (Å²) in [6, 6.07) is 6.21. The van der Waals surface area contributed by atoms with Gasteiger partial charge in [-0.25, -0.2) is 0 Å². The Morgan fingerprint density at radius 3 is 3.05 bits per heavy atom. The van der Waals surface area contributed by atoms with E-state index < -0.39 is 0 Å². The number of amides is 1. The van der Waals surface area contributed by atoms with Crippen LogP contribution in [0.15, 0.2) is 18.2 Å². The first-order valence-corrected chi connectivity index (χ1v) is 6.98. The monoisotopic (exact) mass is 262 g/mol. The number of aryl methyl sites for hydroxylation is 1. The van der Waals surface area contributed by atoms with Gasteiger partial charge in [0.15, 0.2) is 0 Å². The SMILES string of the molecule is CCCNC(C)COc1ccc2c(c1)CCC(=O)N2. The van der Waals surface area contributed by atoms with Crippen molar-refractivity contribution in [2.24, 2.45) is 0 Å². The molecule has 1 amide bonds. The van der Waals surface area contributed by atoms with Gasteiger partial charge in [0.05, 0.1) is 0 Å². The van der Waals surface area contributed by atoms with Gasteiger partial charge in [0.1, 0.15) is 12.4 Å². The number of hydrogen-bond donors (Lipinski definition) is 2. The van der Waals surface area contributed by atoms with Crippen LogP contribution in [0.2, 0.25) is 0 Å². The molecule has 0 bridgehead atoms. The van der Waals surface area contributed by atoms with Crippen LogP contribution in [0.1, 0.15) is 32.3 Å². The quantitative estimate of drug-likeness (QED) is 0.827. The summed E-state index contributed by atoms with van der Waals surface area (Å²) in [5.74, 6) is 0.971. The van der Waals surface area contributed by atoms with Gasteiger partial charge >= 0.3 is 0 Å². The lowest BCUT2D eigenvalue weighted by atomic mass is 10.0. The molecule has 1 unspecified atom stereocenters. The van der Waals surface area contributed by atoms with E-state index in [1.54, 1.807) is 0 Å². The third-order valence-corrected chi connectivity index (χ3v) is 3.21. The third kappa shape index (κ3) is 3.96. The molecule has 0 saturated heterocycles. The fourth-order valence-corrected chi connectivity index (χ4v) is 2.12. The van der Waals surface area contributed by atoms with E-state index in [4.69, 9.17) is 4.74 Å². The van der Waals surface area contributed by atoms with Crippen LogP contribution in [0.4, 0.5) is 5.69 Å². The molecule has 0 saturated carbocycles. The summed E-state index contributed by atoms with van der Waals surface area (Å²) in [5, 5.41) is 6.26. The van der Waals surface area contributed by atoms with Crippen molar-refractivity contribution < 1.29 is 9.53 Å². The zero-order valence-corrected chi connectivity index (χ0v) is 11.7.